The quantitative estimate of drug-likeness (QED) is 0.520. The molecule has 0 unspecified atom stereocenters. The number of hydrogen-bond donors (Lipinski definition) is 1. The molecule has 26 heavy (non-hydrogen) atoms. The molecule has 0 amide bonds. The number of para-hydroxylation sites is 2. The lowest BCUT2D eigenvalue weighted by molar-refractivity contribution is 0.477. The Labute approximate surface area is 152 Å². The number of aromatic nitrogens is 6. The summed E-state index contributed by atoms with van der Waals surface area (Å²) in [5.41, 5.74) is 2.53. The van der Waals surface area contributed by atoms with Crippen LogP contribution in [0.2, 0.25) is 5.02 Å². The zero-order valence-corrected chi connectivity index (χ0v) is 14.0. The van der Waals surface area contributed by atoms with Crippen LogP contribution in [-0.2, 0) is 0 Å². The van der Waals surface area contributed by atoms with Crippen LogP contribution >= 0.6 is 11.6 Å². The van der Waals surface area contributed by atoms with Crippen molar-refractivity contribution in [2.45, 2.75) is 0 Å². The molecule has 0 radical (unpaired) electrons. The van der Waals surface area contributed by atoms with Crippen LogP contribution in [0, 0.1) is 0 Å². The van der Waals surface area contributed by atoms with Crippen LogP contribution in [0.4, 0.5) is 0 Å². The summed E-state index contributed by atoms with van der Waals surface area (Å²) in [6, 6.07) is 14.4. The molecular weight excluding hydrogens is 352 g/mol. The number of rotatable bonds is 2. The summed E-state index contributed by atoms with van der Waals surface area (Å²) in [7, 11) is 0. The molecule has 126 valence electrons. The zero-order chi connectivity index (χ0) is 17.7. The van der Waals surface area contributed by atoms with E-state index in [0.717, 1.165) is 11.1 Å². The molecule has 5 rings (SSSR count). The minimum absolute atomic E-state index is 0.124. The lowest BCUT2D eigenvalue weighted by Crippen LogP contribution is -1.99. The van der Waals surface area contributed by atoms with Gasteiger partial charge < -0.3 is 5.11 Å². The third kappa shape index (κ3) is 2.14. The van der Waals surface area contributed by atoms with E-state index in [1.165, 1.54) is 0 Å². The van der Waals surface area contributed by atoms with E-state index in [1.54, 1.807) is 46.0 Å². The van der Waals surface area contributed by atoms with Gasteiger partial charge in [0, 0.05) is 0 Å². The number of hydrogen-bond acceptors (Lipinski definition) is 5. The highest BCUT2D eigenvalue weighted by molar-refractivity contribution is 6.32. The van der Waals surface area contributed by atoms with Crippen molar-refractivity contribution in [2.24, 2.45) is 0 Å². The third-order valence-electron chi connectivity index (χ3n) is 4.13. The Morgan fingerprint density at radius 3 is 2.62 bits per heavy atom. The van der Waals surface area contributed by atoms with Crippen LogP contribution in [0.5, 0.6) is 5.75 Å². The summed E-state index contributed by atoms with van der Waals surface area (Å²) < 4.78 is 3.24. The van der Waals surface area contributed by atoms with Crippen molar-refractivity contribution >= 4 is 28.3 Å². The fraction of sp³-hybridized carbons (Fsp3) is 0. The molecule has 7 nitrogen and oxygen atoms in total. The van der Waals surface area contributed by atoms with Crippen molar-refractivity contribution in [3.63, 3.8) is 0 Å². The Balaban J connectivity index is 1.75. The Morgan fingerprint density at radius 2 is 1.77 bits per heavy atom. The Kier molecular flexibility index (Phi) is 3.16. The second-order valence-electron chi connectivity index (χ2n) is 5.71. The fourth-order valence-electron chi connectivity index (χ4n) is 2.90. The van der Waals surface area contributed by atoms with Crippen LogP contribution < -0.4 is 0 Å². The number of phenolic OH excluding ortho intramolecular Hbond substituents is 1. The van der Waals surface area contributed by atoms with Crippen molar-refractivity contribution in [1.82, 2.24) is 29.4 Å². The molecule has 0 aliphatic heterocycles. The summed E-state index contributed by atoms with van der Waals surface area (Å²) in [6.45, 7) is 0. The first kappa shape index (κ1) is 14.9. The SMILES string of the molecule is Oc1ccccc1-c1nc2c3cnn(-c4ccccc4Cl)c3ncn2n1. The number of aromatic hydroxyl groups is 1. The van der Waals surface area contributed by atoms with Crippen LogP contribution in [-0.4, -0.2) is 34.5 Å². The maximum Gasteiger partial charge on any atom is 0.185 e. The minimum Gasteiger partial charge on any atom is -0.507 e. The molecule has 2 aromatic carbocycles. The monoisotopic (exact) mass is 362 g/mol. The molecule has 5 aromatic rings. The number of fused-ring (bicyclic) bond motifs is 3. The van der Waals surface area contributed by atoms with E-state index in [2.05, 4.69) is 20.2 Å². The highest BCUT2D eigenvalue weighted by Gasteiger charge is 2.16. The van der Waals surface area contributed by atoms with Gasteiger partial charge in [0.2, 0.25) is 0 Å². The molecule has 0 aliphatic rings. The molecule has 1 N–H and O–H groups in total. The molecule has 0 aliphatic carbocycles. The average Bonchev–Trinajstić information content (AvgIpc) is 3.26. The van der Waals surface area contributed by atoms with Gasteiger partial charge in [0.25, 0.3) is 0 Å². The highest BCUT2D eigenvalue weighted by atomic mass is 35.5. The van der Waals surface area contributed by atoms with Crippen molar-refractivity contribution in [3.05, 3.63) is 66.1 Å². The van der Waals surface area contributed by atoms with E-state index < -0.39 is 0 Å². The Bertz CT molecular complexity index is 1280. The van der Waals surface area contributed by atoms with Gasteiger partial charge in [-0.3, -0.25) is 0 Å². The van der Waals surface area contributed by atoms with E-state index in [1.807, 2.05) is 24.3 Å². The van der Waals surface area contributed by atoms with Crippen LogP contribution in [0.3, 0.4) is 0 Å². The molecular formula is C18H11ClN6O. The fourth-order valence-corrected chi connectivity index (χ4v) is 3.11. The number of halogens is 1. The summed E-state index contributed by atoms with van der Waals surface area (Å²) >= 11 is 6.29. The first-order chi connectivity index (χ1) is 12.7. The van der Waals surface area contributed by atoms with Gasteiger partial charge in [0.15, 0.2) is 17.1 Å². The van der Waals surface area contributed by atoms with E-state index in [0.29, 0.717) is 27.7 Å². The average molecular weight is 363 g/mol. The lowest BCUT2D eigenvalue weighted by atomic mass is 10.2. The molecule has 0 saturated heterocycles. The highest BCUT2D eigenvalue weighted by Crippen LogP contribution is 2.28. The summed E-state index contributed by atoms with van der Waals surface area (Å²) in [6.07, 6.45) is 3.26. The standard InChI is InChI=1S/C18H11ClN6O/c19-13-6-2-3-7-14(13)25-17-12(9-21-25)18-22-16(23-24(18)10-20-17)11-5-1-4-8-15(11)26/h1-10,26H. The van der Waals surface area contributed by atoms with Crippen LogP contribution in [0.15, 0.2) is 61.1 Å². The smallest absolute Gasteiger partial charge is 0.185 e. The molecule has 0 saturated carbocycles. The molecule has 0 bridgehead atoms. The van der Waals surface area contributed by atoms with Crippen molar-refractivity contribution in [2.75, 3.05) is 0 Å². The predicted octanol–water partition coefficient (Wildman–Crippen LogP) is 3.49. The van der Waals surface area contributed by atoms with Gasteiger partial charge in [-0.05, 0) is 24.3 Å². The first-order valence-electron chi connectivity index (χ1n) is 7.85. The van der Waals surface area contributed by atoms with Crippen molar-refractivity contribution in [3.8, 4) is 22.8 Å². The minimum atomic E-state index is 0.124. The molecule has 3 aromatic heterocycles. The Morgan fingerprint density at radius 1 is 0.962 bits per heavy atom. The van der Waals surface area contributed by atoms with Crippen molar-refractivity contribution < 1.29 is 5.11 Å². The second kappa shape index (κ2) is 5.53. The largest absolute Gasteiger partial charge is 0.507 e. The number of phenols is 1. The van der Waals surface area contributed by atoms with Crippen LogP contribution in [0.1, 0.15) is 0 Å². The van der Waals surface area contributed by atoms with Gasteiger partial charge >= 0.3 is 0 Å². The van der Waals surface area contributed by atoms with Gasteiger partial charge in [-0.2, -0.15) is 5.10 Å². The molecule has 3 heterocycles. The zero-order valence-electron chi connectivity index (χ0n) is 13.3. The van der Waals surface area contributed by atoms with Gasteiger partial charge in [0.1, 0.15) is 12.1 Å². The van der Waals surface area contributed by atoms with Gasteiger partial charge in [-0.15, -0.1) is 5.10 Å². The van der Waals surface area contributed by atoms with Gasteiger partial charge in [0.05, 0.1) is 27.9 Å². The maximum absolute atomic E-state index is 10.0. The predicted molar refractivity (Wildman–Crippen MR) is 97.5 cm³/mol. The summed E-state index contributed by atoms with van der Waals surface area (Å²) in [5, 5.41) is 20.2. The van der Waals surface area contributed by atoms with E-state index in [4.69, 9.17) is 11.6 Å². The van der Waals surface area contributed by atoms with E-state index in [9.17, 15) is 5.11 Å². The second-order valence-corrected chi connectivity index (χ2v) is 6.12. The number of nitrogens with zero attached hydrogens (tertiary/aromatic N) is 6. The molecule has 0 spiro atoms. The molecule has 0 fully saturated rings. The topological polar surface area (TPSA) is 81.1 Å². The summed E-state index contributed by atoms with van der Waals surface area (Å²) in [4.78, 5) is 9.02. The summed E-state index contributed by atoms with van der Waals surface area (Å²) in [5.74, 6) is 0.544. The van der Waals surface area contributed by atoms with Gasteiger partial charge in [-0.1, -0.05) is 35.9 Å². The molecule has 0 atom stereocenters. The first-order valence-corrected chi connectivity index (χ1v) is 8.22. The normalized spacial score (nSPS) is 11.4. The molecule has 8 heteroatoms. The maximum atomic E-state index is 10.0. The van der Waals surface area contributed by atoms with E-state index in [-0.39, 0.29) is 5.75 Å². The van der Waals surface area contributed by atoms with Gasteiger partial charge in [-0.25, -0.2) is 19.2 Å². The Hall–Kier alpha value is -3.45. The lowest BCUT2D eigenvalue weighted by Gasteiger charge is -2.04. The number of benzene rings is 2. The third-order valence-corrected chi connectivity index (χ3v) is 4.45. The van der Waals surface area contributed by atoms with E-state index >= 15 is 0 Å². The van der Waals surface area contributed by atoms with Crippen molar-refractivity contribution in [1.29, 1.82) is 0 Å². The van der Waals surface area contributed by atoms with Crippen LogP contribution in [0.25, 0.3) is 33.8 Å².